The van der Waals surface area contributed by atoms with Crippen molar-refractivity contribution in [1.82, 2.24) is 4.72 Å². The number of nitrogens with two attached hydrogens (primary N) is 1. The smallest absolute Gasteiger partial charge is 0.396 e. The molecule has 0 amide bonds. The predicted molar refractivity (Wildman–Crippen MR) is 62.8 cm³/mol. The van der Waals surface area contributed by atoms with Crippen molar-refractivity contribution in [2.75, 3.05) is 25.5 Å². The van der Waals surface area contributed by atoms with E-state index in [2.05, 4.69) is 4.74 Å². The Morgan fingerprint density at radius 2 is 1.81 bits per heavy atom. The van der Waals surface area contributed by atoms with Gasteiger partial charge < -0.3 is 10.5 Å². The van der Waals surface area contributed by atoms with Crippen molar-refractivity contribution in [3.63, 3.8) is 0 Å². The van der Waals surface area contributed by atoms with Gasteiger partial charge in [-0.25, -0.2) is 21.9 Å². The van der Waals surface area contributed by atoms with Gasteiger partial charge in [0, 0.05) is 12.6 Å². The highest BCUT2D eigenvalue weighted by Gasteiger charge is 2.27. The van der Waals surface area contributed by atoms with Crippen LogP contribution in [0.2, 0.25) is 0 Å². The van der Waals surface area contributed by atoms with E-state index >= 15 is 0 Å². The number of hydrogen-bond acceptors (Lipinski definition) is 4. The van der Waals surface area contributed by atoms with Gasteiger partial charge in [0.1, 0.15) is 23.1 Å². The van der Waals surface area contributed by atoms with E-state index in [0.717, 1.165) is 0 Å². The number of benzene rings is 1. The second kappa shape index (κ2) is 6.54. The van der Waals surface area contributed by atoms with E-state index in [1.54, 1.807) is 0 Å². The molecule has 0 fully saturated rings. The first-order valence-electron chi connectivity index (χ1n) is 5.41. The number of alkyl halides is 3. The van der Waals surface area contributed by atoms with Gasteiger partial charge in [-0.2, -0.15) is 13.2 Å². The molecule has 0 aromatic heterocycles. The van der Waals surface area contributed by atoms with Gasteiger partial charge in [0.25, 0.3) is 0 Å². The van der Waals surface area contributed by atoms with Crippen LogP contribution in [0.15, 0.2) is 17.0 Å². The Morgan fingerprint density at radius 1 is 1.19 bits per heavy atom. The fourth-order valence-electron chi connectivity index (χ4n) is 1.26. The second-order valence-corrected chi connectivity index (χ2v) is 5.61. The number of rotatable bonds is 6. The molecule has 0 aliphatic heterocycles. The quantitative estimate of drug-likeness (QED) is 0.468. The number of halogens is 5. The molecule has 3 N–H and O–H groups in total. The zero-order chi connectivity index (χ0) is 16.3. The Labute approximate surface area is 116 Å². The molecule has 0 unspecified atom stereocenters. The Morgan fingerprint density at radius 3 is 2.38 bits per heavy atom. The van der Waals surface area contributed by atoms with E-state index in [9.17, 15) is 30.4 Å². The van der Waals surface area contributed by atoms with Crippen molar-refractivity contribution < 1.29 is 35.1 Å². The van der Waals surface area contributed by atoms with Gasteiger partial charge in [-0.1, -0.05) is 0 Å². The van der Waals surface area contributed by atoms with E-state index in [-0.39, 0.29) is 0 Å². The minimum absolute atomic E-state index is 0.296. The highest BCUT2D eigenvalue weighted by atomic mass is 32.2. The second-order valence-electron chi connectivity index (χ2n) is 3.87. The van der Waals surface area contributed by atoms with Gasteiger partial charge in [0.05, 0.1) is 12.3 Å². The summed E-state index contributed by atoms with van der Waals surface area (Å²) in [6, 6.07) is 0.869. The van der Waals surface area contributed by atoms with Crippen LogP contribution in [0.25, 0.3) is 0 Å². The largest absolute Gasteiger partial charge is 0.411 e. The number of anilines is 1. The van der Waals surface area contributed by atoms with Crippen molar-refractivity contribution in [3.05, 3.63) is 23.8 Å². The van der Waals surface area contributed by atoms with Crippen LogP contribution in [-0.4, -0.2) is 34.4 Å². The molecule has 11 heteroatoms. The zero-order valence-corrected chi connectivity index (χ0v) is 11.2. The van der Waals surface area contributed by atoms with Crippen LogP contribution in [-0.2, 0) is 14.8 Å². The van der Waals surface area contributed by atoms with Crippen molar-refractivity contribution in [3.8, 4) is 0 Å². The first-order valence-corrected chi connectivity index (χ1v) is 6.90. The molecule has 21 heavy (non-hydrogen) atoms. The highest BCUT2D eigenvalue weighted by molar-refractivity contribution is 7.89. The molecule has 0 radical (unpaired) electrons. The fourth-order valence-corrected chi connectivity index (χ4v) is 2.37. The maximum atomic E-state index is 13.4. The molecule has 0 heterocycles. The third kappa shape index (κ3) is 5.44. The minimum atomic E-state index is -4.53. The normalized spacial score (nSPS) is 12.6. The van der Waals surface area contributed by atoms with Crippen LogP contribution in [0.3, 0.4) is 0 Å². The Kier molecular flexibility index (Phi) is 5.48. The Bertz CT molecular complexity index is 603. The Balaban J connectivity index is 2.64. The summed E-state index contributed by atoms with van der Waals surface area (Å²) in [6.07, 6.45) is -4.53. The number of nitrogen functional groups attached to an aromatic ring is 1. The van der Waals surface area contributed by atoms with Crippen LogP contribution >= 0.6 is 0 Å². The van der Waals surface area contributed by atoms with Crippen LogP contribution in [0, 0.1) is 11.6 Å². The van der Waals surface area contributed by atoms with Gasteiger partial charge in [0.15, 0.2) is 0 Å². The maximum Gasteiger partial charge on any atom is 0.411 e. The number of hydrogen-bond donors (Lipinski definition) is 2. The van der Waals surface area contributed by atoms with E-state index in [1.807, 2.05) is 4.72 Å². The standard InChI is InChI=1S/C10H11F5N2O3S/c11-6-3-7(12)9(4-8(6)16)21(18,19)17-1-2-20-5-10(13,14)15/h3-4,17H,1-2,5,16H2. The number of sulfonamides is 1. The van der Waals surface area contributed by atoms with Gasteiger partial charge in [-0.15, -0.1) is 0 Å². The van der Waals surface area contributed by atoms with Gasteiger partial charge in [-0.05, 0) is 6.07 Å². The molecule has 0 saturated carbocycles. The topological polar surface area (TPSA) is 81.4 Å². The van der Waals surface area contributed by atoms with Crippen molar-refractivity contribution in [2.24, 2.45) is 0 Å². The average Bonchev–Trinajstić information content (AvgIpc) is 2.31. The molecule has 1 aromatic carbocycles. The van der Waals surface area contributed by atoms with Gasteiger partial charge in [0.2, 0.25) is 10.0 Å². The van der Waals surface area contributed by atoms with Crippen molar-refractivity contribution >= 4 is 15.7 Å². The van der Waals surface area contributed by atoms with Gasteiger partial charge in [-0.3, -0.25) is 0 Å². The zero-order valence-electron chi connectivity index (χ0n) is 10.4. The Hall–Kier alpha value is -1.46. The molecule has 1 aromatic rings. The van der Waals surface area contributed by atoms with E-state index in [1.165, 1.54) is 0 Å². The molecule has 1 rings (SSSR count). The minimum Gasteiger partial charge on any atom is -0.396 e. The van der Waals surface area contributed by atoms with E-state index in [0.29, 0.717) is 12.1 Å². The van der Waals surface area contributed by atoms with E-state index in [4.69, 9.17) is 5.73 Å². The first kappa shape index (κ1) is 17.6. The summed E-state index contributed by atoms with van der Waals surface area (Å²) >= 11 is 0. The summed E-state index contributed by atoms with van der Waals surface area (Å²) < 4.78 is 90.9. The lowest BCUT2D eigenvalue weighted by atomic mass is 10.3. The lowest BCUT2D eigenvalue weighted by molar-refractivity contribution is -0.173. The SMILES string of the molecule is Nc1cc(S(=O)(=O)NCCOCC(F)(F)F)c(F)cc1F. The van der Waals surface area contributed by atoms with Crippen molar-refractivity contribution in [2.45, 2.75) is 11.1 Å². The van der Waals surface area contributed by atoms with E-state index < -0.39 is 58.2 Å². The lowest BCUT2D eigenvalue weighted by Gasteiger charge is -2.10. The summed E-state index contributed by atoms with van der Waals surface area (Å²) in [5.74, 6) is -2.50. The van der Waals surface area contributed by atoms with Crippen LogP contribution < -0.4 is 10.5 Å². The summed E-state index contributed by atoms with van der Waals surface area (Å²) in [4.78, 5) is -0.905. The molecular formula is C10H11F5N2O3S. The molecule has 0 aliphatic carbocycles. The molecular weight excluding hydrogens is 323 g/mol. The molecule has 0 aliphatic rings. The third-order valence-electron chi connectivity index (χ3n) is 2.14. The average molecular weight is 334 g/mol. The van der Waals surface area contributed by atoms with Gasteiger partial charge >= 0.3 is 6.18 Å². The van der Waals surface area contributed by atoms with Crippen LogP contribution in [0.4, 0.5) is 27.6 Å². The molecule has 120 valence electrons. The van der Waals surface area contributed by atoms with Crippen molar-refractivity contribution in [1.29, 1.82) is 0 Å². The maximum absolute atomic E-state index is 13.4. The summed E-state index contributed by atoms with van der Waals surface area (Å²) in [5, 5.41) is 0. The predicted octanol–water partition coefficient (Wildman–Crippen LogP) is 1.40. The fraction of sp³-hybridized carbons (Fsp3) is 0.400. The number of nitrogens with one attached hydrogen (secondary N) is 1. The molecule has 0 atom stereocenters. The van der Waals surface area contributed by atoms with Crippen LogP contribution in [0.5, 0.6) is 0 Å². The van der Waals surface area contributed by atoms with Crippen LogP contribution in [0.1, 0.15) is 0 Å². The third-order valence-corrected chi connectivity index (χ3v) is 3.62. The molecule has 0 bridgehead atoms. The highest BCUT2D eigenvalue weighted by Crippen LogP contribution is 2.20. The molecule has 0 saturated heterocycles. The summed E-state index contributed by atoms with van der Waals surface area (Å²) in [5.41, 5.74) is 4.55. The lowest BCUT2D eigenvalue weighted by Crippen LogP contribution is -2.29. The summed E-state index contributed by atoms with van der Waals surface area (Å²) in [6.45, 7) is -2.63. The molecule has 0 spiro atoms. The monoisotopic (exact) mass is 334 g/mol. The first-order chi connectivity index (χ1) is 9.53. The number of ether oxygens (including phenoxy) is 1. The molecule has 5 nitrogen and oxygen atoms in total. The summed E-state index contributed by atoms with van der Waals surface area (Å²) in [7, 11) is -4.38.